The summed E-state index contributed by atoms with van der Waals surface area (Å²) in [4.78, 5) is 8.66. The molecule has 0 N–H and O–H groups in total. The molecule has 0 spiro atoms. The van der Waals surface area contributed by atoms with E-state index in [1.807, 2.05) is 57.2 Å². The molecule has 3 heterocycles. The van der Waals surface area contributed by atoms with Gasteiger partial charge in [0.05, 0.1) is 5.58 Å². The van der Waals surface area contributed by atoms with Gasteiger partial charge in [0.2, 0.25) is 0 Å². The molecule has 0 saturated heterocycles. The molecule has 53 heavy (non-hydrogen) atoms. The van der Waals surface area contributed by atoms with E-state index in [-0.39, 0.29) is 64.5 Å². The van der Waals surface area contributed by atoms with Crippen molar-refractivity contribution in [3.63, 3.8) is 0 Å². The van der Waals surface area contributed by atoms with Gasteiger partial charge in [-0.1, -0.05) is 122 Å². The monoisotopic (exact) mass is 884 g/mol. The molecule has 8 aromatic rings. The second-order valence-corrected chi connectivity index (χ2v) is 13.5. The molecular weight excluding hydrogens is 825 g/mol. The fourth-order valence-corrected chi connectivity index (χ4v) is 6.04. The Labute approximate surface area is 348 Å². The summed E-state index contributed by atoms with van der Waals surface area (Å²) < 4.78 is 124. The van der Waals surface area contributed by atoms with Gasteiger partial charge in [0, 0.05) is 58.4 Å². The van der Waals surface area contributed by atoms with Crippen LogP contribution >= 0.6 is 0 Å². The summed E-state index contributed by atoms with van der Waals surface area (Å²) in [5, 5.41) is 1.27. The smallest absolute Gasteiger partial charge is 0.120 e. The predicted octanol–water partition coefficient (Wildman–Crippen LogP) is 13.2. The zero-order valence-electron chi connectivity index (χ0n) is 44.2. The molecule has 3 aromatic heterocycles. The first-order valence-electron chi connectivity index (χ1n) is 24.1. The van der Waals surface area contributed by atoms with Gasteiger partial charge in [-0.2, -0.15) is 0 Å². The molecule has 1 radical (unpaired) electrons. The summed E-state index contributed by atoms with van der Waals surface area (Å²) in [5.74, 6) is 0. The van der Waals surface area contributed by atoms with Crippen molar-refractivity contribution < 1.29 is 45.1 Å². The largest absolute Gasteiger partial charge is 0.501 e. The zero-order valence-corrected chi connectivity index (χ0v) is 31.6. The van der Waals surface area contributed by atoms with E-state index >= 15 is 0 Å². The van der Waals surface area contributed by atoms with Crippen molar-refractivity contribution in [1.82, 2.24) is 9.97 Å². The molecule has 0 unspecified atom stereocenters. The van der Waals surface area contributed by atoms with Gasteiger partial charge < -0.3 is 14.4 Å². The van der Waals surface area contributed by atoms with E-state index in [1.54, 1.807) is 54.6 Å². The number of aryl methyl sites for hydroxylation is 5. The Kier molecular flexibility index (Phi) is 6.65. The third-order valence-corrected chi connectivity index (χ3v) is 8.84. The minimum Gasteiger partial charge on any atom is -0.501 e. The van der Waals surface area contributed by atoms with Crippen molar-refractivity contribution >= 4 is 21.9 Å². The minimum atomic E-state index is -2.56. The Morgan fingerprint density at radius 1 is 0.623 bits per heavy atom. The molecule has 0 bridgehead atoms. The predicted molar refractivity (Wildman–Crippen MR) is 218 cm³/mol. The van der Waals surface area contributed by atoms with Crippen LogP contribution in [0.4, 0.5) is 0 Å². The standard InChI is InChI=1S/C30H28NO.C19H16N.Ir/c1-18-10-13-28-26(14-18)23-8-7-9-24(29(23)32-28)27-16-25(20(3)17-31-27)22-12-11-21(15-19(22)2)30(4,5)6;1-14-8-11-19(20-13-14)17-10-9-15(2)18(12-17)16-6-4-3-5-7-16;/h7-8,10-17H,1-6H3;3-9,11-13H,1-2H3;/q2*-1;/i1D3,2D3,3D3;1D3,2D3;. The van der Waals surface area contributed by atoms with Gasteiger partial charge in [-0.3, -0.25) is 0 Å². The topological polar surface area (TPSA) is 38.9 Å². The van der Waals surface area contributed by atoms with Crippen LogP contribution in [0.1, 0.15) is 74.7 Å². The number of furan rings is 1. The van der Waals surface area contributed by atoms with Crippen LogP contribution in [0, 0.1) is 46.4 Å². The van der Waals surface area contributed by atoms with E-state index in [0.29, 0.717) is 50.0 Å². The molecule has 0 aliphatic rings. The molecule has 5 aromatic carbocycles. The van der Waals surface area contributed by atoms with Crippen molar-refractivity contribution in [2.75, 3.05) is 0 Å². The maximum absolute atomic E-state index is 8.26. The third-order valence-electron chi connectivity index (χ3n) is 8.84. The van der Waals surface area contributed by atoms with Gasteiger partial charge in [0.25, 0.3) is 0 Å². The second-order valence-electron chi connectivity index (χ2n) is 13.5. The van der Waals surface area contributed by atoms with E-state index in [0.717, 1.165) is 11.1 Å². The maximum Gasteiger partial charge on any atom is 0.120 e. The number of benzene rings is 5. The third kappa shape index (κ3) is 7.95. The van der Waals surface area contributed by atoms with E-state index in [2.05, 4.69) is 22.1 Å². The van der Waals surface area contributed by atoms with Crippen molar-refractivity contribution in [2.45, 2.75) is 60.4 Å². The molecule has 8 rings (SSSR count). The number of nitrogens with zero attached hydrogens (tertiary/aromatic N) is 2. The number of fused-ring (bicyclic) bond motifs is 3. The summed E-state index contributed by atoms with van der Waals surface area (Å²) in [5.41, 5.74) is 5.71. The molecule has 0 aliphatic heterocycles. The summed E-state index contributed by atoms with van der Waals surface area (Å²) in [6, 6.07) is 36.4. The Hall–Kier alpha value is -5.15. The Morgan fingerprint density at radius 2 is 1.42 bits per heavy atom. The van der Waals surface area contributed by atoms with Gasteiger partial charge >= 0.3 is 0 Å². The molecule has 0 atom stereocenters. The Balaban J connectivity index is 0.000000243. The second kappa shape index (κ2) is 15.4. The molecule has 0 saturated carbocycles. The van der Waals surface area contributed by atoms with Gasteiger partial charge in [0.1, 0.15) is 5.58 Å². The molecule has 267 valence electrons. The van der Waals surface area contributed by atoms with Crippen LogP contribution in [0.15, 0.2) is 126 Å². The van der Waals surface area contributed by atoms with E-state index in [1.165, 1.54) is 30.6 Å². The molecule has 4 heteroatoms. The normalized spacial score (nSPS) is 16.6. The molecule has 0 aliphatic carbocycles. The fraction of sp³-hybridized carbons (Fsp3) is 0.184. The summed E-state index contributed by atoms with van der Waals surface area (Å²) in [7, 11) is 0. The summed E-state index contributed by atoms with van der Waals surface area (Å²) in [6.07, 6.45) is 2.57. The SMILES string of the molecule is [2H]C([2H])([2H])c1ccc(-c2[c-]cc(C([2H])([2H])[2H])c(-c3ccccc3)c2)nc1.[2H]C([2H])([2H])c1ccc2oc3c(-c4cc(-c5ccc(C(C)(C)C)cc5C([2H])([2H])[2H])c(C([2H])([2H])[2H])cn4)[c-]ccc3c2c1.[Ir]. The van der Waals surface area contributed by atoms with Crippen LogP contribution in [-0.2, 0) is 25.5 Å². The van der Waals surface area contributed by atoms with Gasteiger partial charge in [-0.15, -0.1) is 47.5 Å². The number of aromatic nitrogens is 2. The van der Waals surface area contributed by atoms with Crippen LogP contribution in [-0.4, -0.2) is 9.97 Å². The first kappa shape index (κ1) is 22.8. The number of hydrogen-bond acceptors (Lipinski definition) is 3. The number of hydrogen-bond donors (Lipinski definition) is 0. The van der Waals surface area contributed by atoms with Crippen LogP contribution in [0.5, 0.6) is 0 Å². The van der Waals surface area contributed by atoms with Crippen LogP contribution in [0.25, 0.3) is 66.7 Å². The van der Waals surface area contributed by atoms with Crippen LogP contribution in [0.3, 0.4) is 0 Å². The van der Waals surface area contributed by atoms with Crippen molar-refractivity contribution in [3.05, 3.63) is 167 Å². The molecule has 0 amide bonds. The zero-order chi connectivity index (χ0) is 49.1. The van der Waals surface area contributed by atoms with E-state index in [9.17, 15) is 0 Å². The average molecular weight is 884 g/mol. The number of rotatable bonds is 4. The molecular formula is C49H44IrN2O-2. The fourth-order valence-electron chi connectivity index (χ4n) is 6.04. The number of pyridine rings is 2. The Morgan fingerprint density at radius 3 is 2.15 bits per heavy atom. The van der Waals surface area contributed by atoms with Crippen LogP contribution in [0.2, 0.25) is 0 Å². The van der Waals surface area contributed by atoms with E-state index < -0.39 is 34.3 Å². The Bertz CT molecular complexity index is 3090. The maximum atomic E-state index is 8.26. The molecule has 3 nitrogen and oxygen atoms in total. The van der Waals surface area contributed by atoms with E-state index in [4.69, 9.17) is 25.0 Å². The van der Waals surface area contributed by atoms with Gasteiger partial charge in [-0.05, 0) is 95.3 Å². The van der Waals surface area contributed by atoms with Crippen molar-refractivity contribution in [1.29, 1.82) is 0 Å². The quantitative estimate of drug-likeness (QED) is 0.165. The van der Waals surface area contributed by atoms with Crippen molar-refractivity contribution in [3.8, 4) is 44.8 Å². The van der Waals surface area contributed by atoms with Gasteiger partial charge in [0.15, 0.2) is 0 Å². The van der Waals surface area contributed by atoms with Gasteiger partial charge in [-0.25, -0.2) is 0 Å². The summed E-state index contributed by atoms with van der Waals surface area (Å²) in [6.45, 7) is -5.88. The minimum absolute atomic E-state index is 0. The first-order chi connectivity index (χ1) is 31.0. The first-order valence-corrected chi connectivity index (χ1v) is 16.6. The molecule has 0 fully saturated rings. The average Bonchev–Trinajstić information content (AvgIpc) is 3.63. The van der Waals surface area contributed by atoms with Crippen LogP contribution < -0.4 is 0 Å². The van der Waals surface area contributed by atoms with Crippen molar-refractivity contribution in [2.24, 2.45) is 0 Å². The summed E-state index contributed by atoms with van der Waals surface area (Å²) >= 11 is 0.